The van der Waals surface area contributed by atoms with Crippen molar-refractivity contribution in [3.63, 3.8) is 0 Å². The number of hydrogen-bond donors (Lipinski definition) is 2. The lowest BCUT2D eigenvalue weighted by atomic mass is 10.2. The van der Waals surface area contributed by atoms with E-state index in [0.717, 1.165) is 30.2 Å². The van der Waals surface area contributed by atoms with Gasteiger partial charge in [0.05, 0.1) is 6.61 Å². The zero-order chi connectivity index (χ0) is 18.9. The van der Waals surface area contributed by atoms with Crippen molar-refractivity contribution in [2.75, 3.05) is 11.9 Å². The average molecular weight is 375 g/mol. The number of aryl methyl sites for hydroxylation is 2. The van der Waals surface area contributed by atoms with Crippen molar-refractivity contribution in [3.8, 4) is 5.75 Å². The molecule has 0 aliphatic rings. The molecule has 0 radical (unpaired) electrons. The third kappa shape index (κ3) is 6.15. The van der Waals surface area contributed by atoms with Crippen LogP contribution in [-0.2, 0) is 7.05 Å². The second-order valence-corrected chi connectivity index (χ2v) is 6.54. The lowest BCUT2D eigenvalue weighted by Gasteiger charge is -2.10. The smallest absolute Gasteiger partial charge is 0.277 e. The molecule has 0 saturated heterocycles. The Kier molecular flexibility index (Phi) is 7.59. The van der Waals surface area contributed by atoms with Gasteiger partial charge < -0.3 is 10.1 Å². The van der Waals surface area contributed by atoms with Crippen molar-refractivity contribution >= 4 is 28.9 Å². The molecule has 140 valence electrons. The Hall–Kier alpha value is -2.41. The largest absolute Gasteiger partial charge is 0.494 e. The highest BCUT2D eigenvalue weighted by Crippen LogP contribution is 2.16. The Morgan fingerprint density at radius 1 is 1.23 bits per heavy atom. The highest BCUT2D eigenvalue weighted by Gasteiger charge is 2.12. The number of nitrogens with one attached hydrogen (secondary N) is 2. The summed E-state index contributed by atoms with van der Waals surface area (Å²) in [4.78, 5) is 12.1. The summed E-state index contributed by atoms with van der Waals surface area (Å²) in [6.45, 7) is 4.80. The second-order valence-electron chi connectivity index (χ2n) is 6.14. The maximum absolute atomic E-state index is 12.1. The van der Waals surface area contributed by atoms with Crippen LogP contribution in [0.25, 0.3) is 0 Å². The topological polar surface area (TPSA) is 68.2 Å². The van der Waals surface area contributed by atoms with Gasteiger partial charge in [0.15, 0.2) is 10.8 Å². The van der Waals surface area contributed by atoms with E-state index in [4.69, 9.17) is 17.0 Å². The van der Waals surface area contributed by atoms with Crippen molar-refractivity contribution in [2.24, 2.45) is 7.05 Å². The number of rotatable bonds is 8. The van der Waals surface area contributed by atoms with Crippen LogP contribution in [0.3, 0.4) is 0 Å². The molecule has 0 unspecified atom stereocenters. The van der Waals surface area contributed by atoms with Crippen LogP contribution in [0.2, 0.25) is 0 Å². The number of aromatic nitrogens is 2. The Bertz CT molecular complexity index is 721. The fourth-order valence-corrected chi connectivity index (χ4v) is 2.56. The van der Waals surface area contributed by atoms with E-state index < -0.39 is 0 Å². The van der Waals surface area contributed by atoms with E-state index in [9.17, 15) is 4.79 Å². The van der Waals surface area contributed by atoms with Gasteiger partial charge in [0.25, 0.3) is 5.91 Å². The number of nitrogens with zero attached hydrogens (tertiary/aromatic N) is 2. The van der Waals surface area contributed by atoms with Gasteiger partial charge in [0.2, 0.25) is 0 Å². The van der Waals surface area contributed by atoms with Gasteiger partial charge in [-0.05, 0) is 55.9 Å². The molecule has 0 fully saturated rings. The van der Waals surface area contributed by atoms with Crippen molar-refractivity contribution in [1.82, 2.24) is 15.1 Å². The van der Waals surface area contributed by atoms with Crippen LogP contribution < -0.4 is 15.4 Å². The Morgan fingerprint density at radius 3 is 2.58 bits per heavy atom. The van der Waals surface area contributed by atoms with Crippen molar-refractivity contribution < 1.29 is 9.53 Å². The zero-order valence-corrected chi connectivity index (χ0v) is 16.4. The first kappa shape index (κ1) is 19.9. The predicted molar refractivity (Wildman–Crippen MR) is 108 cm³/mol. The second kappa shape index (κ2) is 9.91. The maximum atomic E-state index is 12.1. The van der Waals surface area contributed by atoms with Gasteiger partial charge in [-0.2, -0.15) is 5.10 Å². The minimum absolute atomic E-state index is 0.228. The van der Waals surface area contributed by atoms with Gasteiger partial charge in [-0.15, -0.1) is 0 Å². The molecule has 0 bridgehead atoms. The third-order valence-corrected chi connectivity index (χ3v) is 4.16. The molecule has 0 aliphatic carbocycles. The maximum Gasteiger partial charge on any atom is 0.277 e. The van der Waals surface area contributed by atoms with Gasteiger partial charge in [-0.25, -0.2) is 0 Å². The quantitative estimate of drug-likeness (QED) is 0.543. The summed E-state index contributed by atoms with van der Waals surface area (Å²) in [6.07, 6.45) is 4.72. The average Bonchev–Trinajstić information content (AvgIpc) is 2.95. The number of carbonyl (C=O) groups is 1. The number of thiocarbonyl (C=S) groups is 1. The van der Waals surface area contributed by atoms with Crippen LogP contribution in [0.1, 0.15) is 48.8 Å². The standard InChI is InChI=1S/C19H26N4O2S/c1-4-5-6-7-12-25-16-10-8-15(9-11-16)20-19(26)21-18(24)17-13-14(2)23(3)22-17/h8-11,13H,4-7,12H2,1-3H3,(H2,20,21,24,26). The van der Waals surface area contributed by atoms with Gasteiger partial charge in [-0.3, -0.25) is 14.8 Å². The molecule has 0 spiro atoms. The molecule has 2 N–H and O–H groups in total. The molecule has 1 aromatic heterocycles. The highest BCUT2D eigenvalue weighted by molar-refractivity contribution is 7.80. The summed E-state index contributed by atoms with van der Waals surface area (Å²) in [5.74, 6) is 0.490. The monoisotopic (exact) mass is 374 g/mol. The number of amides is 1. The number of unbranched alkanes of at least 4 members (excludes halogenated alkanes) is 3. The molecule has 0 atom stereocenters. The number of hydrogen-bond acceptors (Lipinski definition) is 4. The van der Waals surface area contributed by atoms with Crippen LogP contribution in [0.4, 0.5) is 5.69 Å². The first-order chi connectivity index (χ1) is 12.5. The van der Waals surface area contributed by atoms with Gasteiger partial charge in [0, 0.05) is 18.4 Å². The van der Waals surface area contributed by atoms with Crippen LogP contribution >= 0.6 is 12.2 Å². The van der Waals surface area contributed by atoms with Crippen molar-refractivity contribution in [2.45, 2.75) is 39.5 Å². The minimum atomic E-state index is -0.335. The molecule has 0 aliphatic heterocycles. The predicted octanol–water partition coefficient (Wildman–Crippen LogP) is 3.81. The molecule has 1 heterocycles. The van der Waals surface area contributed by atoms with E-state index in [1.165, 1.54) is 19.3 Å². The normalized spacial score (nSPS) is 10.4. The molecule has 1 aromatic carbocycles. The number of benzene rings is 1. The summed E-state index contributed by atoms with van der Waals surface area (Å²) >= 11 is 5.19. The van der Waals surface area contributed by atoms with E-state index in [1.54, 1.807) is 17.8 Å². The summed E-state index contributed by atoms with van der Waals surface area (Å²) in [5, 5.41) is 9.97. The van der Waals surface area contributed by atoms with Crippen LogP contribution in [0.15, 0.2) is 30.3 Å². The highest BCUT2D eigenvalue weighted by atomic mass is 32.1. The fourth-order valence-electron chi connectivity index (χ4n) is 2.35. The minimum Gasteiger partial charge on any atom is -0.494 e. The summed E-state index contributed by atoms with van der Waals surface area (Å²) < 4.78 is 7.35. The lowest BCUT2D eigenvalue weighted by Crippen LogP contribution is -2.34. The number of anilines is 1. The fraction of sp³-hybridized carbons (Fsp3) is 0.421. The van der Waals surface area contributed by atoms with Crippen molar-refractivity contribution in [1.29, 1.82) is 0 Å². The van der Waals surface area contributed by atoms with Crippen LogP contribution in [0, 0.1) is 6.92 Å². The summed E-state index contributed by atoms with van der Waals surface area (Å²) in [5.41, 5.74) is 2.02. The van der Waals surface area contributed by atoms with Crippen LogP contribution in [0.5, 0.6) is 5.75 Å². The number of ether oxygens (including phenoxy) is 1. The Balaban J connectivity index is 1.78. The van der Waals surface area contributed by atoms with E-state index >= 15 is 0 Å². The zero-order valence-electron chi connectivity index (χ0n) is 15.5. The molecule has 2 aromatic rings. The van der Waals surface area contributed by atoms with E-state index in [2.05, 4.69) is 22.7 Å². The Morgan fingerprint density at radius 2 is 1.96 bits per heavy atom. The third-order valence-electron chi connectivity index (χ3n) is 3.95. The van der Waals surface area contributed by atoms with Gasteiger partial charge in [0.1, 0.15) is 5.75 Å². The van der Waals surface area contributed by atoms with Gasteiger partial charge >= 0.3 is 0 Å². The summed E-state index contributed by atoms with van der Waals surface area (Å²) in [7, 11) is 1.79. The number of carbonyl (C=O) groups excluding carboxylic acids is 1. The molecular formula is C19H26N4O2S. The van der Waals surface area contributed by atoms with E-state index in [0.29, 0.717) is 5.69 Å². The molecule has 0 saturated carbocycles. The summed E-state index contributed by atoms with van der Waals surface area (Å²) in [6, 6.07) is 9.21. The molecule has 1 amide bonds. The molecule has 7 heteroatoms. The first-order valence-electron chi connectivity index (χ1n) is 8.85. The molecule has 26 heavy (non-hydrogen) atoms. The van der Waals surface area contributed by atoms with Crippen molar-refractivity contribution in [3.05, 3.63) is 41.7 Å². The van der Waals surface area contributed by atoms with Crippen LogP contribution in [-0.4, -0.2) is 27.4 Å². The Labute approximate surface area is 159 Å². The van der Waals surface area contributed by atoms with E-state index in [-0.39, 0.29) is 11.0 Å². The lowest BCUT2D eigenvalue weighted by molar-refractivity contribution is 0.0972. The molecule has 6 nitrogen and oxygen atoms in total. The van der Waals surface area contributed by atoms with Gasteiger partial charge in [-0.1, -0.05) is 26.2 Å². The molecule has 2 rings (SSSR count). The first-order valence-corrected chi connectivity index (χ1v) is 9.26. The van der Waals surface area contributed by atoms with E-state index in [1.807, 2.05) is 31.2 Å². The molecular weight excluding hydrogens is 348 g/mol. The SMILES string of the molecule is CCCCCCOc1ccc(NC(=S)NC(=O)c2cc(C)n(C)n2)cc1.